The lowest BCUT2D eigenvalue weighted by molar-refractivity contribution is 0.581. The minimum absolute atomic E-state index is 0.223. The predicted octanol–water partition coefficient (Wildman–Crippen LogP) is 2.82. The van der Waals surface area contributed by atoms with Gasteiger partial charge in [0, 0.05) is 16.4 Å². The molecular formula is C12H13BrN2O2S2. The zero-order valence-corrected chi connectivity index (χ0v) is 13.5. The molecule has 1 aromatic carbocycles. The van der Waals surface area contributed by atoms with Crippen molar-refractivity contribution in [3.8, 4) is 0 Å². The average molecular weight is 361 g/mol. The van der Waals surface area contributed by atoms with Crippen molar-refractivity contribution in [2.45, 2.75) is 23.7 Å². The van der Waals surface area contributed by atoms with E-state index in [0.717, 1.165) is 15.4 Å². The van der Waals surface area contributed by atoms with Crippen LogP contribution in [0.4, 0.5) is 0 Å². The Balaban J connectivity index is 2.09. The van der Waals surface area contributed by atoms with Gasteiger partial charge in [0.15, 0.2) is 0 Å². The molecular weight excluding hydrogens is 348 g/mol. The first kappa shape index (κ1) is 14.6. The fourth-order valence-corrected chi connectivity index (χ4v) is 3.66. The van der Waals surface area contributed by atoms with Gasteiger partial charge in [0.05, 0.1) is 11.4 Å². The van der Waals surface area contributed by atoms with E-state index in [0.29, 0.717) is 5.33 Å². The molecule has 0 saturated carbocycles. The van der Waals surface area contributed by atoms with Crippen LogP contribution in [0.5, 0.6) is 0 Å². The molecule has 7 heteroatoms. The number of nitrogens with one attached hydrogen (secondary N) is 1. The first-order valence-corrected chi connectivity index (χ1v) is 8.99. The van der Waals surface area contributed by atoms with Gasteiger partial charge in [-0.3, -0.25) is 0 Å². The van der Waals surface area contributed by atoms with Gasteiger partial charge in [-0.1, -0.05) is 28.1 Å². The molecule has 0 bridgehead atoms. The van der Waals surface area contributed by atoms with Crippen LogP contribution < -0.4 is 4.72 Å². The highest BCUT2D eigenvalue weighted by Crippen LogP contribution is 2.15. The SMILES string of the molecule is Cc1cnc(CNS(=O)(=O)c2ccc(CBr)cc2)s1. The molecule has 102 valence electrons. The zero-order valence-electron chi connectivity index (χ0n) is 10.3. The van der Waals surface area contributed by atoms with Gasteiger partial charge in [0.1, 0.15) is 5.01 Å². The molecule has 0 aliphatic rings. The molecule has 1 aromatic heterocycles. The molecule has 0 spiro atoms. The number of rotatable bonds is 5. The Morgan fingerprint density at radius 2 is 2.00 bits per heavy atom. The van der Waals surface area contributed by atoms with Crippen molar-refractivity contribution in [3.05, 3.63) is 45.9 Å². The van der Waals surface area contributed by atoms with E-state index in [9.17, 15) is 8.42 Å². The third-order valence-electron chi connectivity index (χ3n) is 2.47. The smallest absolute Gasteiger partial charge is 0.240 e. The molecule has 0 saturated heterocycles. The summed E-state index contributed by atoms with van der Waals surface area (Å²) < 4.78 is 26.7. The number of hydrogen-bond donors (Lipinski definition) is 1. The molecule has 0 amide bonds. The van der Waals surface area contributed by atoms with Crippen LogP contribution >= 0.6 is 27.3 Å². The van der Waals surface area contributed by atoms with Crippen LogP contribution in [0.15, 0.2) is 35.4 Å². The highest BCUT2D eigenvalue weighted by molar-refractivity contribution is 9.08. The summed E-state index contributed by atoms with van der Waals surface area (Å²) in [5.74, 6) is 0. The van der Waals surface area contributed by atoms with Gasteiger partial charge in [-0.2, -0.15) is 0 Å². The van der Waals surface area contributed by atoms with Crippen molar-refractivity contribution in [2.24, 2.45) is 0 Å². The fourth-order valence-electron chi connectivity index (χ4n) is 1.48. The van der Waals surface area contributed by atoms with E-state index >= 15 is 0 Å². The lowest BCUT2D eigenvalue weighted by Gasteiger charge is -2.05. The Bertz CT molecular complexity index is 651. The van der Waals surface area contributed by atoms with E-state index in [1.807, 2.05) is 6.92 Å². The maximum Gasteiger partial charge on any atom is 0.240 e. The van der Waals surface area contributed by atoms with Gasteiger partial charge in [-0.25, -0.2) is 18.1 Å². The van der Waals surface area contributed by atoms with Crippen molar-refractivity contribution in [1.29, 1.82) is 0 Å². The van der Waals surface area contributed by atoms with Crippen LogP contribution in [0.3, 0.4) is 0 Å². The lowest BCUT2D eigenvalue weighted by Crippen LogP contribution is -2.23. The Morgan fingerprint density at radius 3 is 2.53 bits per heavy atom. The number of nitrogens with zero attached hydrogens (tertiary/aromatic N) is 1. The molecule has 4 nitrogen and oxygen atoms in total. The van der Waals surface area contributed by atoms with Crippen molar-refractivity contribution >= 4 is 37.3 Å². The number of alkyl halides is 1. The van der Waals surface area contributed by atoms with Crippen LogP contribution in [0.2, 0.25) is 0 Å². The summed E-state index contributed by atoms with van der Waals surface area (Å²) in [7, 11) is -3.47. The summed E-state index contributed by atoms with van der Waals surface area (Å²) in [5.41, 5.74) is 1.04. The molecule has 19 heavy (non-hydrogen) atoms. The Kier molecular flexibility index (Phi) is 4.72. The van der Waals surface area contributed by atoms with Crippen LogP contribution in [0.1, 0.15) is 15.4 Å². The summed E-state index contributed by atoms with van der Waals surface area (Å²) in [6, 6.07) is 6.78. The number of hydrogen-bond acceptors (Lipinski definition) is 4. The molecule has 0 radical (unpaired) electrons. The number of sulfonamides is 1. The average Bonchev–Trinajstić information content (AvgIpc) is 2.82. The highest BCUT2D eigenvalue weighted by atomic mass is 79.9. The molecule has 1 heterocycles. The van der Waals surface area contributed by atoms with Crippen molar-refractivity contribution < 1.29 is 8.42 Å². The number of benzene rings is 1. The minimum Gasteiger partial charge on any atom is -0.248 e. The van der Waals surface area contributed by atoms with Crippen LogP contribution in [0.25, 0.3) is 0 Å². The molecule has 0 unspecified atom stereocenters. The van der Waals surface area contributed by atoms with Gasteiger partial charge in [0.25, 0.3) is 0 Å². The largest absolute Gasteiger partial charge is 0.248 e. The van der Waals surface area contributed by atoms with E-state index in [4.69, 9.17) is 0 Å². The quantitative estimate of drug-likeness (QED) is 0.834. The number of halogens is 1. The van der Waals surface area contributed by atoms with E-state index in [-0.39, 0.29) is 11.4 Å². The van der Waals surface area contributed by atoms with E-state index in [1.165, 1.54) is 11.3 Å². The molecule has 0 aliphatic heterocycles. The van der Waals surface area contributed by atoms with Gasteiger partial charge in [-0.15, -0.1) is 11.3 Å². The third kappa shape index (κ3) is 3.85. The number of thiazole rings is 1. The summed E-state index contributed by atoms with van der Waals surface area (Å²) in [5, 5.41) is 1.47. The first-order chi connectivity index (χ1) is 9.01. The number of aryl methyl sites for hydroxylation is 1. The maximum atomic E-state index is 12.1. The topological polar surface area (TPSA) is 59.1 Å². The van der Waals surface area contributed by atoms with Gasteiger partial charge >= 0.3 is 0 Å². The van der Waals surface area contributed by atoms with Gasteiger partial charge in [0.2, 0.25) is 10.0 Å². The molecule has 0 atom stereocenters. The molecule has 0 aliphatic carbocycles. The van der Waals surface area contributed by atoms with Gasteiger partial charge < -0.3 is 0 Å². The second kappa shape index (κ2) is 6.13. The highest BCUT2D eigenvalue weighted by Gasteiger charge is 2.14. The van der Waals surface area contributed by atoms with Crippen LogP contribution in [-0.2, 0) is 21.9 Å². The van der Waals surface area contributed by atoms with E-state index in [2.05, 4.69) is 25.6 Å². The predicted molar refractivity (Wildman–Crippen MR) is 79.9 cm³/mol. The van der Waals surface area contributed by atoms with E-state index in [1.54, 1.807) is 30.5 Å². The summed E-state index contributed by atoms with van der Waals surface area (Å²) in [6.45, 7) is 2.16. The molecule has 2 aromatic rings. The third-order valence-corrected chi connectivity index (χ3v) is 5.45. The second-order valence-electron chi connectivity index (χ2n) is 3.97. The van der Waals surface area contributed by atoms with Crippen LogP contribution in [-0.4, -0.2) is 13.4 Å². The van der Waals surface area contributed by atoms with Crippen molar-refractivity contribution in [2.75, 3.05) is 0 Å². The van der Waals surface area contributed by atoms with Crippen molar-refractivity contribution in [1.82, 2.24) is 9.71 Å². The molecule has 1 N–H and O–H groups in total. The minimum atomic E-state index is -3.47. The fraction of sp³-hybridized carbons (Fsp3) is 0.250. The van der Waals surface area contributed by atoms with E-state index < -0.39 is 10.0 Å². The Morgan fingerprint density at radius 1 is 1.32 bits per heavy atom. The zero-order chi connectivity index (χ0) is 13.9. The van der Waals surface area contributed by atoms with Crippen molar-refractivity contribution in [3.63, 3.8) is 0 Å². The van der Waals surface area contributed by atoms with Gasteiger partial charge in [-0.05, 0) is 24.6 Å². The summed E-state index contributed by atoms with van der Waals surface area (Å²) in [6.07, 6.45) is 1.74. The maximum absolute atomic E-state index is 12.1. The molecule has 0 fully saturated rings. The number of aromatic nitrogens is 1. The Hall–Kier alpha value is -0.760. The Labute approximate surface area is 125 Å². The molecule has 2 rings (SSSR count). The first-order valence-electron chi connectivity index (χ1n) is 5.57. The lowest BCUT2D eigenvalue weighted by atomic mass is 10.2. The van der Waals surface area contributed by atoms with Crippen LogP contribution in [0, 0.1) is 6.92 Å². The summed E-state index contributed by atoms with van der Waals surface area (Å²) >= 11 is 4.81. The summed E-state index contributed by atoms with van der Waals surface area (Å²) in [4.78, 5) is 5.46. The normalized spacial score (nSPS) is 11.7. The standard InChI is InChI=1S/C12H13BrN2O2S2/c1-9-7-14-12(18-9)8-15-19(16,17)11-4-2-10(6-13)3-5-11/h2-5,7,15H,6,8H2,1H3. The monoisotopic (exact) mass is 360 g/mol. The second-order valence-corrected chi connectivity index (χ2v) is 7.61.